The fourth-order valence-corrected chi connectivity index (χ4v) is 2.99. The molecule has 0 fully saturated rings. The van der Waals surface area contributed by atoms with Crippen LogP contribution in [0.5, 0.6) is 11.5 Å². The first-order valence-corrected chi connectivity index (χ1v) is 8.46. The van der Waals surface area contributed by atoms with Crippen LogP contribution in [-0.2, 0) is 4.79 Å². The number of methoxy groups -OCH3 is 1. The molecule has 2 aromatic carbocycles. The van der Waals surface area contributed by atoms with E-state index in [9.17, 15) is 9.90 Å². The highest BCUT2D eigenvalue weighted by Gasteiger charge is 2.04. The van der Waals surface area contributed by atoms with Gasteiger partial charge in [0.1, 0.15) is 0 Å². The molecule has 2 rings (SSSR count). The van der Waals surface area contributed by atoms with Gasteiger partial charge < -0.3 is 15.2 Å². The number of aromatic hydroxyl groups is 1. The van der Waals surface area contributed by atoms with E-state index >= 15 is 0 Å². The van der Waals surface area contributed by atoms with Crippen molar-refractivity contribution in [2.75, 3.05) is 19.0 Å². The first kappa shape index (κ1) is 18.3. The number of rotatable bonds is 6. The molecule has 24 heavy (non-hydrogen) atoms. The van der Waals surface area contributed by atoms with Crippen LogP contribution in [-0.4, -0.2) is 30.9 Å². The Labute approximate surface area is 156 Å². The quantitative estimate of drug-likeness (QED) is 0.459. The Hall–Kier alpha value is -2.06. The predicted molar refractivity (Wildman–Crippen MR) is 101 cm³/mol. The van der Waals surface area contributed by atoms with Crippen LogP contribution in [0.4, 0.5) is 5.69 Å². The largest absolute Gasteiger partial charge is 0.504 e. The summed E-state index contributed by atoms with van der Waals surface area (Å²) in [6, 6.07) is 10.4. The first-order valence-electron chi connectivity index (χ1n) is 6.87. The van der Waals surface area contributed by atoms with Crippen LogP contribution in [0, 0.1) is 0 Å². The van der Waals surface area contributed by atoms with Gasteiger partial charge in [0.2, 0.25) is 0 Å². The number of ether oxygens (including phenoxy) is 1. The molecule has 0 aliphatic carbocycles. The summed E-state index contributed by atoms with van der Waals surface area (Å²) in [5.74, 6) is 0.0989. The average molecular weight is 457 g/mol. The topological polar surface area (TPSA) is 83.0 Å². The average Bonchev–Trinajstić information content (AvgIpc) is 2.55. The van der Waals surface area contributed by atoms with E-state index in [4.69, 9.17) is 4.74 Å². The van der Waals surface area contributed by atoms with E-state index in [1.807, 2.05) is 18.2 Å². The minimum absolute atomic E-state index is 0.0444. The maximum Gasteiger partial charge on any atom is 0.259 e. The molecule has 0 saturated heterocycles. The number of nitrogens with zero attached hydrogens (tertiary/aromatic N) is 1. The van der Waals surface area contributed by atoms with Gasteiger partial charge in [-0.15, -0.1) is 0 Å². The van der Waals surface area contributed by atoms with Crippen LogP contribution in [0.1, 0.15) is 5.56 Å². The molecule has 0 aliphatic heterocycles. The molecule has 0 atom stereocenters. The van der Waals surface area contributed by atoms with Crippen LogP contribution < -0.4 is 15.5 Å². The summed E-state index contributed by atoms with van der Waals surface area (Å²) in [4.78, 5) is 11.8. The van der Waals surface area contributed by atoms with Gasteiger partial charge in [-0.1, -0.05) is 15.9 Å². The third-order valence-corrected chi connectivity index (χ3v) is 4.13. The molecule has 8 heteroatoms. The van der Waals surface area contributed by atoms with E-state index < -0.39 is 0 Å². The Kier molecular flexibility index (Phi) is 6.62. The van der Waals surface area contributed by atoms with Gasteiger partial charge in [-0.25, -0.2) is 5.43 Å². The van der Waals surface area contributed by atoms with Gasteiger partial charge in [0.15, 0.2) is 11.5 Å². The Morgan fingerprint density at radius 1 is 1.29 bits per heavy atom. The van der Waals surface area contributed by atoms with Gasteiger partial charge in [-0.05, 0) is 57.9 Å². The molecule has 3 N–H and O–H groups in total. The van der Waals surface area contributed by atoms with Gasteiger partial charge in [-0.3, -0.25) is 4.79 Å². The zero-order valence-electron chi connectivity index (χ0n) is 12.7. The highest BCUT2D eigenvalue weighted by atomic mass is 79.9. The zero-order chi connectivity index (χ0) is 17.5. The molecule has 0 heterocycles. The van der Waals surface area contributed by atoms with E-state index in [0.29, 0.717) is 11.3 Å². The van der Waals surface area contributed by atoms with Crippen molar-refractivity contribution < 1.29 is 14.6 Å². The van der Waals surface area contributed by atoms with Crippen molar-refractivity contribution >= 4 is 49.7 Å². The summed E-state index contributed by atoms with van der Waals surface area (Å²) in [5, 5.41) is 16.4. The summed E-state index contributed by atoms with van der Waals surface area (Å²) in [6.45, 7) is 0.0798. The number of hydrazone groups is 1. The molecule has 0 radical (unpaired) electrons. The van der Waals surface area contributed by atoms with Crippen molar-refractivity contribution in [2.45, 2.75) is 0 Å². The van der Waals surface area contributed by atoms with Gasteiger partial charge in [0, 0.05) is 14.6 Å². The first-order chi connectivity index (χ1) is 11.5. The number of phenols is 1. The van der Waals surface area contributed by atoms with E-state index in [2.05, 4.69) is 47.7 Å². The molecule has 126 valence electrons. The molecule has 0 aromatic heterocycles. The Morgan fingerprint density at radius 2 is 2.08 bits per heavy atom. The van der Waals surface area contributed by atoms with Crippen molar-refractivity contribution in [1.29, 1.82) is 0 Å². The van der Waals surface area contributed by atoms with Crippen LogP contribution in [0.3, 0.4) is 0 Å². The van der Waals surface area contributed by atoms with E-state index in [1.165, 1.54) is 19.4 Å². The molecule has 0 spiro atoms. The van der Waals surface area contributed by atoms with Crippen LogP contribution in [0.2, 0.25) is 0 Å². The molecular formula is C16H15Br2N3O3. The van der Waals surface area contributed by atoms with Crippen LogP contribution in [0.15, 0.2) is 50.4 Å². The molecule has 0 bridgehead atoms. The molecule has 0 aliphatic rings. The number of amides is 1. The lowest BCUT2D eigenvalue weighted by Gasteiger charge is -2.07. The van der Waals surface area contributed by atoms with Gasteiger partial charge in [0.05, 0.1) is 19.9 Å². The second-order valence-electron chi connectivity index (χ2n) is 4.70. The number of anilines is 1. The van der Waals surface area contributed by atoms with E-state index in [-0.39, 0.29) is 18.2 Å². The summed E-state index contributed by atoms with van der Waals surface area (Å²) in [5.41, 5.74) is 3.92. The number of hydrogen-bond acceptors (Lipinski definition) is 5. The fraction of sp³-hybridized carbons (Fsp3) is 0.125. The van der Waals surface area contributed by atoms with Gasteiger partial charge in [0.25, 0.3) is 5.91 Å². The van der Waals surface area contributed by atoms with Crippen molar-refractivity contribution in [3.63, 3.8) is 0 Å². The lowest BCUT2D eigenvalue weighted by atomic mass is 10.2. The van der Waals surface area contributed by atoms with Crippen LogP contribution in [0.25, 0.3) is 0 Å². The Balaban J connectivity index is 1.86. The number of carbonyl (C=O) groups is 1. The molecule has 0 saturated carbocycles. The minimum atomic E-state index is -0.285. The number of carbonyl (C=O) groups excluding carboxylic acids is 1. The normalized spacial score (nSPS) is 10.6. The Bertz CT molecular complexity index is 766. The number of hydrogen-bond donors (Lipinski definition) is 3. The van der Waals surface area contributed by atoms with Gasteiger partial charge in [-0.2, -0.15) is 5.10 Å². The smallest absolute Gasteiger partial charge is 0.259 e. The summed E-state index contributed by atoms with van der Waals surface area (Å²) >= 11 is 6.78. The lowest BCUT2D eigenvalue weighted by Crippen LogP contribution is -2.26. The summed E-state index contributed by atoms with van der Waals surface area (Å²) in [6.07, 6.45) is 1.47. The van der Waals surface area contributed by atoms with Crippen molar-refractivity contribution in [1.82, 2.24) is 5.43 Å². The van der Waals surface area contributed by atoms with Crippen molar-refractivity contribution in [2.24, 2.45) is 5.10 Å². The van der Waals surface area contributed by atoms with E-state index in [0.717, 1.165) is 14.6 Å². The second kappa shape index (κ2) is 8.70. The highest BCUT2D eigenvalue weighted by molar-refractivity contribution is 9.11. The molecule has 0 unspecified atom stereocenters. The predicted octanol–water partition coefficient (Wildman–Crippen LogP) is 3.49. The number of halogens is 2. The number of benzene rings is 2. The van der Waals surface area contributed by atoms with E-state index in [1.54, 1.807) is 12.1 Å². The molecular weight excluding hydrogens is 442 g/mol. The monoisotopic (exact) mass is 455 g/mol. The third-order valence-electron chi connectivity index (χ3n) is 2.98. The Morgan fingerprint density at radius 3 is 2.79 bits per heavy atom. The molecule has 1 amide bonds. The number of nitrogens with one attached hydrogen (secondary N) is 2. The minimum Gasteiger partial charge on any atom is -0.504 e. The highest BCUT2D eigenvalue weighted by Crippen LogP contribution is 2.26. The maximum atomic E-state index is 11.8. The van der Waals surface area contributed by atoms with Gasteiger partial charge >= 0.3 is 0 Å². The fourth-order valence-electron chi connectivity index (χ4n) is 1.80. The van der Waals surface area contributed by atoms with Crippen molar-refractivity contribution in [3.8, 4) is 11.5 Å². The third kappa shape index (κ3) is 5.24. The second-order valence-corrected chi connectivity index (χ2v) is 6.47. The lowest BCUT2D eigenvalue weighted by molar-refractivity contribution is -0.119. The molecule has 2 aromatic rings. The maximum absolute atomic E-state index is 11.8. The van der Waals surface area contributed by atoms with Crippen LogP contribution >= 0.6 is 31.9 Å². The molecule has 6 nitrogen and oxygen atoms in total. The van der Waals surface area contributed by atoms with Crippen molar-refractivity contribution in [3.05, 3.63) is 50.9 Å². The summed E-state index contributed by atoms with van der Waals surface area (Å²) in [7, 11) is 1.46. The number of phenolic OH excluding ortho intramolecular Hbond substituents is 1. The zero-order valence-corrected chi connectivity index (χ0v) is 15.9. The summed E-state index contributed by atoms with van der Waals surface area (Å²) < 4.78 is 6.80. The SMILES string of the molecule is COc1cc(C=NNC(=O)CNc2ccc(Br)cc2Br)ccc1O. The standard InChI is InChI=1S/C16H15Br2N3O3/c1-24-15-6-10(2-5-14(15)22)8-20-21-16(23)9-19-13-4-3-11(17)7-12(13)18/h2-8,19,22H,9H2,1H3,(H,21,23).